The van der Waals surface area contributed by atoms with Gasteiger partial charge in [0.1, 0.15) is 6.61 Å². The van der Waals surface area contributed by atoms with E-state index >= 15 is 0 Å². The smallest absolute Gasteiger partial charge is 0.214 e. The SMILES string of the molecule is COc1ccc(Br)c(CNCCCSc2nnnn2-c2ccccc2)c1OCc1ccc(C)cc1. The molecule has 3 aromatic carbocycles. The largest absolute Gasteiger partial charge is 0.493 e. The number of aryl methyl sites for hydroxylation is 1. The summed E-state index contributed by atoms with van der Waals surface area (Å²) in [5.41, 5.74) is 4.34. The van der Waals surface area contributed by atoms with E-state index in [1.54, 1.807) is 23.6 Å². The van der Waals surface area contributed by atoms with Crippen molar-refractivity contribution >= 4 is 27.7 Å². The van der Waals surface area contributed by atoms with Gasteiger partial charge in [-0.25, -0.2) is 0 Å². The minimum Gasteiger partial charge on any atom is -0.493 e. The van der Waals surface area contributed by atoms with E-state index in [2.05, 4.69) is 68.0 Å². The molecule has 35 heavy (non-hydrogen) atoms. The first-order chi connectivity index (χ1) is 17.2. The monoisotopic (exact) mass is 553 g/mol. The highest BCUT2D eigenvalue weighted by Gasteiger charge is 2.15. The molecule has 1 N–H and O–H groups in total. The molecule has 0 saturated carbocycles. The molecule has 182 valence electrons. The molecule has 0 amide bonds. The Balaban J connectivity index is 1.30. The molecule has 1 heterocycles. The summed E-state index contributed by atoms with van der Waals surface area (Å²) in [7, 11) is 1.67. The average Bonchev–Trinajstić information content (AvgIpc) is 3.36. The third-order valence-corrected chi connectivity index (χ3v) is 7.11. The number of benzene rings is 3. The van der Waals surface area contributed by atoms with Crippen LogP contribution in [0.5, 0.6) is 11.5 Å². The van der Waals surface area contributed by atoms with E-state index in [9.17, 15) is 0 Å². The van der Waals surface area contributed by atoms with Crippen molar-refractivity contribution in [3.05, 3.63) is 87.9 Å². The second-order valence-electron chi connectivity index (χ2n) is 7.92. The van der Waals surface area contributed by atoms with Gasteiger partial charge in [-0.1, -0.05) is 75.7 Å². The van der Waals surface area contributed by atoms with Gasteiger partial charge in [0, 0.05) is 22.3 Å². The molecule has 9 heteroatoms. The Morgan fingerprint density at radius 1 is 1.03 bits per heavy atom. The van der Waals surface area contributed by atoms with Gasteiger partial charge in [-0.15, -0.1) is 5.10 Å². The van der Waals surface area contributed by atoms with Crippen molar-refractivity contribution in [3.8, 4) is 17.2 Å². The van der Waals surface area contributed by atoms with Gasteiger partial charge in [0.2, 0.25) is 5.16 Å². The summed E-state index contributed by atoms with van der Waals surface area (Å²) in [6.07, 6.45) is 0.966. The minimum atomic E-state index is 0.479. The van der Waals surface area contributed by atoms with Crippen molar-refractivity contribution in [2.75, 3.05) is 19.4 Å². The number of ether oxygens (including phenoxy) is 2. The van der Waals surface area contributed by atoms with Gasteiger partial charge in [0.15, 0.2) is 11.5 Å². The van der Waals surface area contributed by atoms with Crippen molar-refractivity contribution < 1.29 is 9.47 Å². The third-order valence-electron chi connectivity index (χ3n) is 5.36. The zero-order chi connectivity index (χ0) is 24.5. The summed E-state index contributed by atoms with van der Waals surface area (Å²) in [5, 5.41) is 16.4. The number of hydrogen-bond acceptors (Lipinski definition) is 7. The van der Waals surface area contributed by atoms with Crippen molar-refractivity contribution in [2.45, 2.75) is 31.7 Å². The summed E-state index contributed by atoms with van der Waals surface area (Å²) in [6.45, 7) is 4.07. The number of para-hydroxylation sites is 1. The predicted molar refractivity (Wildman–Crippen MR) is 142 cm³/mol. The first-order valence-corrected chi connectivity index (χ1v) is 13.1. The standard InChI is InChI=1S/C26H28BrN5O2S/c1-19-9-11-20(12-10-19)18-34-25-22(23(27)13-14-24(25)33-2)17-28-15-6-16-35-26-29-30-31-32(26)21-7-4-3-5-8-21/h3-5,7-14,28H,6,15-18H2,1-2H3. The highest BCUT2D eigenvalue weighted by Crippen LogP contribution is 2.36. The van der Waals surface area contributed by atoms with Crippen LogP contribution in [0.4, 0.5) is 0 Å². The van der Waals surface area contributed by atoms with E-state index in [1.807, 2.05) is 42.5 Å². The first kappa shape index (κ1) is 25.2. The molecule has 0 saturated heterocycles. The van der Waals surface area contributed by atoms with E-state index in [1.165, 1.54) is 5.56 Å². The number of thioether (sulfide) groups is 1. The minimum absolute atomic E-state index is 0.479. The molecule has 4 rings (SSSR count). The van der Waals surface area contributed by atoms with Gasteiger partial charge in [-0.3, -0.25) is 0 Å². The zero-order valence-electron chi connectivity index (χ0n) is 19.8. The van der Waals surface area contributed by atoms with Crippen LogP contribution < -0.4 is 14.8 Å². The maximum Gasteiger partial charge on any atom is 0.214 e. The summed E-state index contributed by atoms with van der Waals surface area (Å²) >= 11 is 5.33. The van der Waals surface area contributed by atoms with Crippen molar-refractivity contribution in [1.29, 1.82) is 0 Å². The lowest BCUT2D eigenvalue weighted by Crippen LogP contribution is -2.17. The van der Waals surface area contributed by atoms with Gasteiger partial charge in [-0.05, 0) is 60.1 Å². The quantitative estimate of drug-likeness (QED) is 0.181. The predicted octanol–water partition coefficient (Wildman–Crippen LogP) is 5.59. The molecule has 0 spiro atoms. The fraction of sp³-hybridized carbons (Fsp3) is 0.269. The van der Waals surface area contributed by atoms with Crippen LogP contribution in [-0.2, 0) is 13.2 Å². The van der Waals surface area contributed by atoms with Crippen LogP contribution in [0.15, 0.2) is 76.4 Å². The molecule has 0 aliphatic heterocycles. The number of methoxy groups -OCH3 is 1. The Morgan fingerprint density at radius 3 is 2.60 bits per heavy atom. The molecule has 0 radical (unpaired) electrons. The Bertz CT molecular complexity index is 1220. The topological polar surface area (TPSA) is 74.1 Å². The lowest BCUT2D eigenvalue weighted by Gasteiger charge is -2.17. The maximum atomic E-state index is 6.22. The van der Waals surface area contributed by atoms with Gasteiger partial charge in [0.05, 0.1) is 12.8 Å². The Morgan fingerprint density at radius 2 is 1.83 bits per heavy atom. The molecule has 4 aromatic rings. The number of hydrogen-bond donors (Lipinski definition) is 1. The number of rotatable bonds is 12. The number of nitrogens with zero attached hydrogens (tertiary/aromatic N) is 4. The van der Waals surface area contributed by atoms with Crippen molar-refractivity contribution in [2.24, 2.45) is 0 Å². The van der Waals surface area contributed by atoms with Crippen LogP contribution in [-0.4, -0.2) is 39.6 Å². The molecular formula is C26H28BrN5O2S. The fourth-order valence-electron chi connectivity index (χ4n) is 3.48. The van der Waals surface area contributed by atoms with Crippen LogP contribution in [0.25, 0.3) is 5.69 Å². The molecule has 0 fully saturated rings. The van der Waals surface area contributed by atoms with Gasteiger partial charge >= 0.3 is 0 Å². The van der Waals surface area contributed by atoms with E-state index in [0.29, 0.717) is 13.2 Å². The normalized spacial score (nSPS) is 10.9. The van der Waals surface area contributed by atoms with Crippen molar-refractivity contribution in [3.63, 3.8) is 0 Å². The molecule has 7 nitrogen and oxygen atoms in total. The molecule has 0 aliphatic carbocycles. The third kappa shape index (κ3) is 6.84. The van der Waals surface area contributed by atoms with Crippen LogP contribution in [0.2, 0.25) is 0 Å². The number of tetrazole rings is 1. The van der Waals surface area contributed by atoms with Crippen LogP contribution >= 0.6 is 27.7 Å². The molecule has 1 aromatic heterocycles. The second kappa shape index (κ2) is 12.7. The highest BCUT2D eigenvalue weighted by atomic mass is 79.9. The lowest BCUT2D eigenvalue weighted by molar-refractivity contribution is 0.280. The van der Waals surface area contributed by atoms with Crippen LogP contribution in [0.1, 0.15) is 23.1 Å². The highest BCUT2D eigenvalue weighted by molar-refractivity contribution is 9.10. The number of aromatic nitrogens is 4. The Labute approximate surface area is 218 Å². The average molecular weight is 555 g/mol. The first-order valence-electron chi connectivity index (χ1n) is 11.4. The summed E-state index contributed by atoms with van der Waals surface area (Å²) < 4.78 is 14.6. The van der Waals surface area contributed by atoms with E-state index in [4.69, 9.17) is 9.47 Å². The lowest BCUT2D eigenvalue weighted by atomic mass is 10.1. The Hall–Kier alpha value is -2.88. The van der Waals surface area contributed by atoms with E-state index < -0.39 is 0 Å². The second-order valence-corrected chi connectivity index (χ2v) is 9.84. The summed E-state index contributed by atoms with van der Waals surface area (Å²) in [4.78, 5) is 0. The molecule has 0 unspecified atom stereocenters. The van der Waals surface area contributed by atoms with Gasteiger partial charge < -0.3 is 14.8 Å². The molecular weight excluding hydrogens is 526 g/mol. The molecule has 0 aliphatic rings. The van der Waals surface area contributed by atoms with Crippen LogP contribution in [0.3, 0.4) is 0 Å². The number of nitrogens with one attached hydrogen (secondary N) is 1. The molecule has 0 bridgehead atoms. The van der Waals surface area contributed by atoms with Crippen LogP contribution in [0, 0.1) is 6.92 Å². The van der Waals surface area contributed by atoms with Gasteiger partial charge in [0.25, 0.3) is 0 Å². The molecule has 0 atom stereocenters. The maximum absolute atomic E-state index is 6.22. The van der Waals surface area contributed by atoms with Crippen molar-refractivity contribution in [1.82, 2.24) is 25.5 Å². The summed E-state index contributed by atoms with van der Waals surface area (Å²) in [5.74, 6) is 2.38. The Kier molecular flexibility index (Phi) is 9.16. The summed E-state index contributed by atoms with van der Waals surface area (Å²) in [6, 6.07) is 22.2. The van der Waals surface area contributed by atoms with Gasteiger partial charge in [-0.2, -0.15) is 4.68 Å². The van der Waals surface area contributed by atoms with E-state index in [-0.39, 0.29) is 0 Å². The fourth-order valence-corrected chi connectivity index (χ4v) is 4.76. The number of halogens is 1. The van der Waals surface area contributed by atoms with E-state index in [0.717, 1.165) is 56.7 Å². The zero-order valence-corrected chi connectivity index (χ0v) is 22.2.